The zero-order chi connectivity index (χ0) is 12.7. The van der Waals surface area contributed by atoms with E-state index in [1.54, 1.807) is 6.08 Å². The van der Waals surface area contributed by atoms with Gasteiger partial charge in [-0.2, -0.15) is 5.10 Å². The Morgan fingerprint density at radius 1 is 1.71 bits per heavy atom. The van der Waals surface area contributed by atoms with Crippen molar-refractivity contribution in [2.45, 2.75) is 26.4 Å². The van der Waals surface area contributed by atoms with Gasteiger partial charge in [-0.05, 0) is 19.4 Å². The molecule has 1 amide bonds. The number of carbonyl (C=O) groups is 1. The number of amides is 1. The van der Waals surface area contributed by atoms with E-state index >= 15 is 0 Å². The van der Waals surface area contributed by atoms with Crippen LogP contribution in [0, 0.1) is 6.92 Å². The molecule has 2 N–H and O–H groups in total. The second kappa shape index (κ2) is 6.85. The van der Waals surface area contributed by atoms with Crippen molar-refractivity contribution < 1.29 is 4.79 Å². The molecule has 1 aromatic heterocycles. The van der Waals surface area contributed by atoms with E-state index in [4.69, 9.17) is 0 Å². The average Bonchev–Trinajstić information content (AvgIpc) is 2.71. The minimum Gasteiger partial charge on any atom is -0.351 e. The predicted molar refractivity (Wildman–Crippen MR) is 67.6 cm³/mol. The van der Waals surface area contributed by atoms with Gasteiger partial charge in [0.15, 0.2) is 0 Å². The van der Waals surface area contributed by atoms with E-state index in [9.17, 15) is 4.79 Å². The molecule has 0 radical (unpaired) electrons. The van der Waals surface area contributed by atoms with E-state index in [0.717, 1.165) is 12.1 Å². The summed E-state index contributed by atoms with van der Waals surface area (Å²) in [5.41, 5.74) is 1.14. The molecule has 5 heteroatoms. The van der Waals surface area contributed by atoms with Crippen LogP contribution in [0.15, 0.2) is 25.0 Å². The number of carbonyl (C=O) groups excluding carboxylic acids is 1. The van der Waals surface area contributed by atoms with Crippen molar-refractivity contribution in [2.75, 3.05) is 13.1 Å². The Hall–Kier alpha value is -1.62. The van der Waals surface area contributed by atoms with Crippen LogP contribution in [0.2, 0.25) is 0 Å². The molecule has 1 atom stereocenters. The predicted octanol–water partition coefficient (Wildman–Crippen LogP) is 0.472. The maximum Gasteiger partial charge on any atom is 0.237 e. The third kappa shape index (κ3) is 4.82. The number of nitrogens with zero attached hydrogens (tertiary/aromatic N) is 2. The van der Waals surface area contributed by atoms with Gasteiger partial charge in [-0.1, -0.05) is 6.08 Å². The van der Waals surface area contributed by atoms with Crippen molar-refractivity contribution in [2.24, 2.45) is 0 Å². The number of aryl methyl sites for hydroxylation is 1. The summed E-state index contributed by atoms with van der Waals surface area (Å²) in [5, 5.41) is 10.1. The second-order valence-corrected chi connectivity index (χ2v) is 3.99. The highest BCUT2D eigenvalue weighted by atomic mass is 16.2. The van der Waals surface area contributed by atoms with Crippen molar-refractivity contribution in [1.29, 1.82) is 0 Å². The van der Waals surface area contributed by atoms with Crippen LogP contribution in [0.25, 0.3) is 0 Å². The number of hydrogen-bond donors (Lipinski definition) is 2. The lowest BCUT2D eigenvalue weighted by Crippen LogP contribution is -2.43. The Kier molecular flexibility index (Phi) is 5.42. The van der Waals surface area contributed by atoms with Gasteiger partial charge in [-0.15, -0.1) is 6.58 Å². The quantitative estimate of drug-likeness (QED) is 0.677. The van der Waals surface area contributed by atoms with Gasteiger partial charge in [0.05, 0.1) is 18.8 Å². The van der Waals surface area contributed by atoms with Gasteiger partial charge in [0.2, 0.25) is 5.91 Å². The summed E-state index contributed by atoms with van der Waals surface area (Å²) >= 11 is 0. The second-order valence-electron chi connectivity index (χ2n) is 3.99. The minimum absolute atomic E-state index is 0.0125. The summed E-state index contributed by atoms with van der Waals surface area (Å²) in [5.74, 6) is -0.0125. The number of rotatable bonds is 7. The maximum absolute atomic E-state index is 11.5. The lowest BCUT2D eigenvalue weighted by molar-refractivity contribution is -0.122. The highest BCUT2D eigenvalue weighted by Crippen LogP contribution is 1.93. The van der Waals surface area contributed by atoms with Crippen LogP contribution >= 0.6 is 0 Å². The number of nitrogens with one attached hydrogen (secondary N) is 2. The van der Waals surface area contributed by atoms with Gasteiger partial charge >= 0.3 is 0 Å². The van der Waals surface area contributed by atoms with Crippen LogP contribution in [-0.2, 0) is 11.3 Å². The fourth-order valence-electron chi connectivity index (χ4n) is 1.40. The van der Waals surface area contributed by atoms with Crippen LogP contribution in [-0.4, -0.2) is 34.8 Å². The van der Waals surface area contributed by atoms with Crippen molar-refractivity contribution in [3.63, 3.8) is 0 Å². The Bertz CT molecular complexity index is 372. The lowest BCUT2D eigenvalue weighted by Gasteiger charge is -2.13. The molecule has 5 nitrogen and oxygen atoms in total. The van der Waals surface area contributed by atoms with E-state index in [1.165, 1.54) is 0 Å². The highest BCUT2D eigenvalue weighted by Gasteiger charge is 2.10. The monoisotopic (exact) mass is 236 g/mol. The number of hydrogen-bond acceptors (Lipinski definition) is 3. The highest BCUT2D eigenvalue weighted by molar-refractivity contribution is 5.81. The first-order valence-corrected chi connectivity index (χ1v) is 5.74. The molecule has 0 aliphatic carbocycles. The van der Waals surface area contributed by atoms with Crippen LogP contribution in [0.4, 0.5) is 0 Å². The Morgan fingerprint density at radius 2 is 2.47 bits per heavy atom. The van der Waals surface area contributed by atoms with E-state index in [0.29, 0.717) is 13.1 Å². The fraction of sp³-hybridized carbons (Fsp3) is 0.500. The first kappa shape index (κ1) is 13.4. The van der Waals surface area contributed by atoms with Crippen molar-refractivity contribution in [3.05, 3.63) is 30.6 Å². The summed E-state index contributed by atoms with van der Waals surface area (Å²) in [6.07, 6.45) is 5.46. The first-order valence-electron chi connectivity index (χ1n) is 5.74. The third-order valence-corrected chi connectivity index (χ3v) is 2.37. The van der Waals surface area contributed by atoms with E-state index in [1.807, 2.05) is 30.9 Å². The zero-order valence-electron chi connectivity index (χ0n) is 10.4. The molecule has 0 aliphatic heterocycles. The minimum atomic E-state index is -0.202. The molecular weight excluding hydrogens is 216 g/mol. The normalized spacial score (nSPS) is 12.1. The summed E-state index contributed by atoms with van der Waals surface area (Å²) in [6.45, 7) is 9.36. The maximum atomic E-state index is 11.5. The van der Waals surface area contributed by atoms with Gasteiger partial charge in [0.1, 0.15) is 0 Å². The molecular formula is C12H20N4O. The van der Waals surface area contributed by atoms with Crippen LogP contribution in [0.1, 0.15) is 12.5 Å². The Balaban J connectivity index is 2.21. The molecule has 17 heavy (non-hydrogen) atoms. The van der Waals surface area contributed by atoms with Gasteiger partial charge in [0.25, 0.3) is 0 Å². The fourth-order valence-corrected chi connectivity index (χ4v) is 1.40. The van der Waals surface area contributed by atoms with Gasteiger partial charge < -0.3 is 10.6 Å². The average molecular weight is 236 g/mol. The zero-order valence-corrected chi connectivity index (χ0v) is 10.4. The Morgan fingerprint density at radius 3 is 3.06 bits per heavy atom. The van der Waals surface area contributed by atoms with Gasteiger partial charge in [0, 0.05) is 19.3 Å². The summed E-state index contributed by atoms with van der Waals surface area (Å²) in [6, 6.07) is -0.202. The lowest BCUT2D eigenvalue weighted by atomic mass is 10.3. The molecule has 94 valence electrons. The molecule has 0 saturated heterocycles. The molecule has 0 aliphatic rings. The molecule has 1 unspecified atom stereocenters. The molecule has 0 spiro atoms. The van der Waals surface area contributed by atoms with Crippen LogP contribution in [0.5, 0.6) is 0 Å². The third-order valence-electron chi connectivity index (χ3n) is 2.37. The van der Waals surface area contributed by atoms with E-state index in [2.05, 4.69) is 22.3 Å². The largest absolute Gasteiger partial charge is 0.351 e. The molecule has 1 heterocycles. The molecule has 0 saturated carbocycles. The molecule has 0 fully saturated rings. The Labute approximate surface area is 102 Å². The van der Waals surface area contributed by atoms with Crippen molar-refractivity contribution >= 4 is 5.91 Å². The summed E-state index contributed by atoms with van der Waals surface area (Å²) in [7, 11) is 0. The topological polar surface area (TPSA) is 59.0 Å². The van der Waals surface area contributed by atoms with Crippen molar-refractivity contribution in [1.82, 2.24) is 20.4 Å². The smallest absolute Gasteiger partial charge is 0.237 e. The van der Waals surface area contributed by atoms with Crippen molar-refractivity contribution in [3.8, 4) is 0 Å². The molecule has 1 rings (SSSR count). The van der Waals surface area contributed by atoms with Gasteiger partial charge in [-0.25, -0.2) is 0 Å². The standard InChI is InChI=1S/C12H20N4O/c1-4-5-14-12(17)11(3)13-6-7-16-9-10(2)8-15-16/h4,8-9,11,13H,1,5-7H2,2-3H3,(H,14,17). The molecule has 0 aromatic carbocycles. The van der Waals surface area contributed by atoms with E-state index < -0.39 is 0 Å². The molecule has 0 bridgehead atoms. The van der Waals surface area contributed by atoms with Crippen LogP contribution in [0.3, 0.4) is 0 Å². The molecule has 1 aromatic rings. The van der Waals surface area contributed by atoms with Gasteiger partial charge in [-0.3, -0.25) is 9.48 Å². The van der Waals surface area contributed by atoms with E-state index in [-0.39, 0.29) is 11.9 Å². The van der Waals surface area contributed by atoms with Crippen LogP contribution < -0.4 is 10.6 Å². The first-order chi connectivity index (χ1) is 8.13. The summed E-state index contributed by atoms with van der Waals surface area (Å²) in [4.78, 5) is 11.5. The summed E-state index contributed by atoms with van der Waals surface area (Å²) < 4.78 is 1.86. The number of aromatic nitrogens is 2. The SMILES string of the molecule is C=CCNC(=O)C(C)NCCn1cc(C)cn1.